The van der Waals surface area contributed by atoms with Crippen LogP contribution in [0.25, 0.3) is 0 Å². The molecule has 18 heavy (non-hydrogen) atoms. The van der Waals surface area contributed by atoms with Crippen molar-refractivity contribution >= 4 is 0 Å². The van der Waals surface area contributed by atoms with Crippen LogP contribution in [0.15, 0.2) is 24.3 Å². The van der Waals surface area contributed by atoms with E-state index in [-0.39, 0.29) is 13.1 Å². The molecule has 6 heteroatoms. The maximum Gasteiger partial charge on any atom is 0.401 e. The Kier molecular flexibility index (Phi) is 5.10. The summed E-state index contributed by atoms with van der Waals surface area (Å²) in [6.07, 6.45) is -5.36. The van der Waals surface area contributed by atoms with Crippen LogP contribution in [0.2, 0.25) is 0 Å². The van der Waals surface area contributed by atoms with E-state index in [0.29, 0.717) is 5.56 Å². The number of hydrogen-bond acceptors (Lipinski definition) is 2. The van der Waals surface area contributed by atoms with Crippen molar-refractivity contribution in [1.82, 2.24) is 4.90 Å². The Morgan fingerprint density at radius 2 is 1.78 bits per heavy atom. The third-order valence-electron chi connectivity index (χ3n) is 2.54. The monoisotopic (exact) mass is 265 g/mol. The highest BCUT2D eigenvalue weighted by molar-refractivity contribution is 5.18. The number of aliphatic hydroxyl groups is 1. The average molecular weight is 265 g/mol. The first kappa shape index (κ1) is 14.9. The third-order valence-corrected chi connectivity index (χ3v) is 2.54. The first-order chi connectivity index (χ1) is 8.31. The predicted molar refractivity (Wildman–Crippen MR) is 59.5 cm³/mol. The van der Waals surface area contributed by atoms with Crippen molar-refractivity contribution in [2.24, 2.45) is 0 Å². The number of hydrogen-bond donors (Lipinski definition) is 1. The molecular formula is C12H15F4NO. The van der Waals surface area contributed by atoms with E-state index in [1.165, 1.54) is 24.3 Å². The van der Waals surface area contributed by atoms with Crippen molar-refractivity contribution in [3.05, 3.63) is 35.6 Å². The number of alkyl halides is 3. The number of benzene rings is 1. The first-order valence-electron chi connectivity index (χ1n) is 5.54. The first-order valence-corrected chi connectivity index (χ1v) is 5.54. The van der Waals surface area contributed by atoms with Crippen LogP contribution in [-0.4, -0.2) is 35.8 Å². The van der Waals surface area contributed by atoms with Crippen LogP contribution >= 0.6 is 0 Å². The minimum absolute atomic E-state index is 0.137. The zero-order valence-electron chi connectivity index (χ0n) is 9.91. The van der Waals surface area contributed by atoms with Crippen LogP contribution in [0.5, 0.6) is 0 Å². The van der Waals surface area contributed by atoms with Crippen molar-refractivity contribution in [3.8, 4) is 0 Å². The van der Waals surface area contributed by atoms with Crippen molar-refractivity contribution in [1.29, 1.82) is 0 Å². The summed E-state index contributed by atoms with van der Waals surface area (Å²) in [5.74, 6) is -0.450. The summed E-state index contributed by atoms with van der Waals surface area (Å²) in [6, 6.07) is 5.06. The fourth-order valence-corrected chi connectivity index (χ4v) is 1.59. The quantitative estimate of drug-likeness (QED) is 0.827. The highest BCUT2D eigenvalue weighted by Crippen LogP contribution is 2.19. The highest BCUT2D eigenvalue weighted by Gasteiger charge is 2.30. The molecule has 0 fully saturated rings. The van der Waals surface area contributed by atoms with Gasteiger partial charge in [-0.3, -0.25) is 4.90 Å². The fraction of sp³-hybridized carbons (Fsp3) is 0.500. The van der Waals surface area contributed by atoms with Crippen LogP contribution in [0.3, 0.4) is 0 Å². The van der Waals surface area contributed by atoms with Crippen LogP contribution in [-0.2, 0) is 0 Å². The van der Waals surface area contributed by atoms with Crippen LogP contribution in [0, 0.1) is 5.82 Å². The molecule has 1 unspecified atom stereocenters. The van der Waals surface area contributed by atoms with E-state index in [0.717, 1.165) is 4.90 Å². The van der Waals surface area contributed by atoms with Gasteiger partial charge in [-0.05, 0) is 24.2 Å². The minimum Gasteiger partial charge on any atom is -0.387 e. The minimum atomic E-state index is -4.29. The van der Waals surface area contributed by atoms with Gasteiger partial charge in [0.15, 0.2) is 0 Å². The number of nitrogens with zero attached hydrogens (tertiary/aromatic N) is 1. The van der Waals surface area contributed by atoms with Gasteiger partial charge in [-0.1, -0.05) is 19.1 Å². The zero-order valence-corrected chi connectivity index (χ0v) is 9.91. The molecule has 1 N–H and O–H groups in total. The summed E-state index contributed by atoms with van der Waals surface area (Å²) in [7, 11) is 0. The number of aliphatic hydroxyl groups excluding tert-OH is 1. The number of likely N-dealkylation sites (N-methyl/N-ethyl adjacent to an activating group) is 1. The summed E-state index contributed by atoms with van der Waals surface area (Å²) in [5, 5.41) is 9.78. The van der Waals surface area contributed by atoms with Crippen LogP contribution < -0.4 is 0 Å². The van der Waals surface area contributed by atoms with Crippen molar-refractivity contribution < 1.29 is 22.7 Å². The molecule has 0 aliphatic rings. The van der Waals surface area contributed by atoms with Gasteiger partial charge in [-0.25, -0.2) is 4.39 Å². The van der Waals surface area contributed by atoms with E-state index < -0.39 is 24.6 Å². The van der Waals surface area contributed by atoms with Gasteiger partial charge in [-0.15, -0.1) is 0 Å². The van der Waals surface area contributed by atoms with E-state index in [9.17, 15) is 22.7 Å². The Bertz CT molecular complexity index is 363. The largest absolute Gasteiger partial charge is 0.401 e. The maximum atomic E-state index is 12.7. The lowest BCUT2D eigenvalue weighted by Crippen LogP contribution is -2.36. The van der Waals surface area contributed by atoms with Gasteiger partial charge in [-0.2, -0.15) is 13.2 Å². The Balaban J connectivity index is 2.61. The Labute approximate surface area is 103 Å². The molecule has 1 aromatic carbocycles. The summed E-state index contributed by atoms with van der Waals surface area (Å²) >= 11 is 0. The van der Waals surface area contributed by atoms with Crippen molar-refractivity contribution in [2.75, 3.05) is 19.6 Å². The summed E-state index contributed by atoms with van der Waals surface area (Å²) in [5.41, 5.74) is 0.400. The molecule has 0 saturated carbocycles. The smallest absolute Gasteiger partial charge is 0.387 e. The van der Waals surface area contributed by atoms with E-state index in [4.69, 9.17) is 0 Å². The van der Waals surface area contributed by atoms with Gasteiger partial charge in [0.05, 0.1) is 12.6 Å². The van der Waals surface area contributed by atoms with Gasteiger partial charge in [0, 0.05) is 6.54 Å². The summed E-state index contributed by atoms with van der Waals surface area (Å²) < 4.78 is 49.3. The van der Waals surface area contributed by atoms with Gasteiger partial charge < -0.3 is 5.11 Å². The predicted octanol–water partition coefficient (Wildman–Crippen LogP) is 2.74. The highest BCUT2D eigenvalue weighted by atomic mass is 19.4. The second-order valence-electron chi connectivity index (χ2n) is 4.01. The SMILES string of the molecule is CCN(CC(O)c1ccc(F)cc1)CC(F)(F)F. The molecule has 0 aliphatic heterocycles. The molecule has 0 aromatic heterocycles. The van der Waals surface area contributed by atoms with Gasteiger partial charge in [0.2, 0.25) is 0 Å². The molecule has 102 valence electrons. The Hall–Kier alpha value is -1.14. The Morgan fingerprint density at radius 1 is 1.22 bits per heavy atom. The molecular weight excluding hydrogens is 250 g/mol. The van der Waals surface area contributed by atoms with E-state index in [1.54, 1.807) is 6.92 Å². The lowest BCUT2D eigenvalue weighted by Gasteiger charge is -2.24. The summed E-state index contributed by atoms with van der Waals surface area (Å²) in [6.45, 7) is 0.560. The van der Waals surface area contributed by atoms with Gasteiger partial charge >= 0.3 is 6.18 Å². The molecule has 0 aliphatic carbocycles. The molecule has 1 aromatic rings. The van der Waals surface area contributed by atoms with Crippen LogP contribution in [0.1, 0.15) is 18.6 Å². The van der Waals surface area contributed by atoms with E-state index >= 15 is 0 Å². The van der Waals surface area contributed by atoms with E-state index in [1.807, 2.05) is 0 Å². The molecule has 0 heterocycles. The molecule has 0 radical (unpaired) electrons. The second kappa shape index (κ2) is 6.15. The Morgan fingerprint density at radius 3 is 2.22 bits per heavy atom. The van der Waals surface area contributed by atoms with Crippen molar-refractivity contribution in [3.63, 3.8) is 0 Å². The molecule has 1 rings (SSSR count). The maximum absolute atomic E-state index is 12.7. The second-order valence-corrected chi connectivity index (χ2v) is 4.01. The van der Waals surface area contributed by atoms with Gasteiger partial charge in [0.1, 0.15) is 5.82 Å². The lowest BCUT2D eigenvalue weighted by atomic mass is 10.1. The van der Waals surface area contributed by atoms with E-state index in [2.05, 4.69) is 0 Å². The third kappa shape index (κ3) is 5.01. The van der Waals surface area contributed by atoms with Crippen LogP contribution in [0.4, 0.5) is 17.6 Å². The molecule has 2 nitrogen and oxygen atoms in total. The number of halogens is 4. The lowest BCUT2D eigenvalue weighted by molar-refractivity contribution is -0.148. The summed E-state index contributed by atoms with van der Waals surface area (Å²) in [4.78, 5) is 1.09. The molecule has 0 bridgehead atoms. The molecule has 1 atom stereocenters. The van der Waals surface area contributed by atoms with Gasteiger partial charge in [0.25, 0.3) is 0 Å². The standard InChI is InChI=1S/C12H15F4NO/c1-2-17(8-12(14,15)16)7-11(18)9-3-5-10(13)6-4-9/h3-6,11,18H,2,7-8H2,1H3. The fourth-order valence-electron chi connectivity index (χ4n) is 1.59. The molecule has 0 amide bonds. The normalized spacial score (nSPS) is 13.9. The van der Waals surface area contributed by atoms with Crippen molar-refractivity contribution in [2.45, 2.75) is 19.2 Å². The topological polar surface area (TPSA) is 23.5 Å². The molecule has 0 spiro atoms. The zero-order chi connectivity index (χ0) is 13.8. The average Bonchev–Trinajstić information content (AvgIpc) is 2.27. The number of rotatable bonds is 5. The molecule has 0 saturated heterocycles.